The van der Waals surface area contributed by atoms with Crippen molar-refractivity contribution in [2.45, 2.75) is 0 Å². The van der Waals surface area contributed by atoms with Gasteiger partial charge in [0.05, 0.1) is 5.69 Å². The van der Waals surface area contributed by atoms with Crippen molar-refractivity contribution in [3.63, 3.8) is 0 Å². The molecule has 2 N–H and O–H groups in total. The van der Waals surface area contributed by atoms with Gasteiger partial charge in [-0.3, -0.25) is 14.9 Å². The van der Waals surface area contributed by atoms with Gasteiger partial charge in [0.2, 0.25) is 0 Å². The number of nitrogens with zero attached hydrogens (tertiary/aromatic N) is 1. The van der Waals surface area contributed by atoms with Crippen molar-refractivity contribution in [2.24, 2.45) is 0 Å². The van der Waals surface area contributed by atoms with Gasteiger partial charge in [-0.05, 0) is 36.4 Å². The van der Waals surface area contributed by atoms with E-state index in [2.05, 4.69) is 0 Å². The van der Waals surface area contributed by atoms with Gasteiger partial charge in [-0.2, -0.15) is 0 Å². The van der Waals surface area contributed by atoms with Crippen LogP contribution in [0.25, 0.3) is 6.08 Å². The van der Waals surface area contributed by atoms with Crippen molar-refractivity contribution in [1.29, 1.82) is 0 Å². The molecule has 0 aliphatic carbocycles. The number of urea groups is 1. The number of carboxylic acid groups (broad SMARTS) is 1. The Hall–Kier alpha value is -4.01. The van der Waals surface area contributed by atoms with E-state index >= 15 is 0 Å². The number of para-hydroxylation sites is 1. The second kappa shape index (κ2) is 7.70. The van der Waals surface area contributed by atoms with Gasteiger partial charge >= 0.3 is 12.0 Å². The number of rotatable bonds is 5. The molecular formula is C19H13FN2O6. The summed E-state index contributed by atoms with van der Waals surface area (Å²) in [6, 6.07) is 9.83. The maximum Gasteiger partial charge on any atom is 0.341 e. The minimum atomic E-state index is -1.19. The Morgan fingerprint density at radius 2 is 1.79 bits per heavy atom. The Labute approximate surface area is 157 Å². The minimum absolute atomic E-state index is 0.0812. The number of ether oxygens (including phenoxy) is 1. The van der Waals surface area contributed by atoms with Crippen LogP contribution in [0.4, 0.5) is 14.9 Å². The van der Waals surface area contributed by atoms with Crippen LogP contribution < -0.4 is 15.0 Å². The van der Waals surface area contributed by atoms with E-state index in [0.717, 1.165) is 12.1 Å². The molecule has 1 heterocycles. The number of aliphatic carboxylic acids is 1. The first-order chi connectivity index (χ1) is 13.4. The van der Waals surface area contributed by atoms with E-state index in [4.69, 9.17) is 9.84 Å². The van der Waals surface area contributed by atoms with Crippen molar-refractivity contribution in [1.82, 2.24) is 5.32 Å². The molecule has 0 aromatic heterocycles. The molecule has 0 atom stereocenters. The zero-order chi connectivity index (χ0) is 20.3. The molecule has 1 fully saturated rings. The number of anilines is 1. The maximum absolute atomic E-state index is 13.1. The molecule has 0 radical (unpaired) electrons. The Bertz CT molecular complexity index is 1000. The molecule has 8 nitrogen and oxygen atoms in total. The molecule has 3 rings (SSSR count). The molecule has 0 saturated carbocycles. The van der Waals surface area contributed by atoms with Crippen LogP contribution in [0.5, 0.6) is 5.75 Å². The second-order valence-corrected chi connectivity index (χ2v) is 5.65. The summed E-state index contributed by atoms with van der Waals surface area (Å²) < 4.78 is 18.3. The Kier molecular flexibility index (Phi) is 5.16. The van der Waals surface area contributed by atoms with Crippen LogP contribution >= 0.6 is 0 Å². The van der Waals surface area contributed by atoms with E-state index in [1.165, 1.54) is 30.3 Å². The summed E-state index contributed by atoms with van der Waals surface area (Å²) in [4.78, 5) is 48.5. The van der Waals surface area contributed by atoms with Crippen molar-refractivity contribution in [2.75, 3.05) is 11.5 Å². The zero-order valence-electron chi connectivity index (χ0n) is 14.2. The lowest BCUT2D eigenvalue weighted by Crippen LogP contribution is -2.54. The molecule has 9 heteroatoms. The van der Waals surface area contributed by atoms with Gasteiger partial charge < -0.3 is 9.84 Å². The third kappa shape index (κ3) is 3.88. The van der Waals surface area contributed by atoms with Gasteiger partial charge in [-0.15, -0.1) is 0 Å². The molecule has 4 amide bonds. The number of halogens is 1. The van der Waals surface area contributed by atoms with Crippen molar-refractivity contribution in [3.05, 3.63) is 65.5 Å². The maximum atomic E-state index is 13.1. The number of imide groups is 2. The van der Waals surface area contributed by atoms with Gasteiger partial charge in [-0.25, -0.2) is 18.9 Å². The van der Waals surface area contributed by atoms with Gasteiger partial charge in [0.25, 0.3) is 11.8 Å². The number of hydrogen-bond acceptors (Lipinski definition) is 5. The second-order valence-electron chi connectivity index (χ2n) is 5.65. The standard InChI is InChI=1S/C19H13FN2O6/c20-12-5-7-13(8-6-12)22-18(26)14(17(25)21-19(22)27)9-11-3-1-2-4-15(11)28-10-16(23)24/h1-9H,10H2,(H,23,24)(H,21,25,27). The van der Waals surface area contributed by atoms with Crippen molar-refractivity contribution in [3.8, 4) is 5.75 Å². The highest BCUT2D eigenvalue weighted by atomic mass is 19.1. The smallest absolute Gasteiger partial charge is 0.341 e. The molecular weight excluding hydrogens is 371 g/mol. The highest BCUT2D eigenvalue weighted by Crippen LogP contribution is 2.25. The fourth-order valence-electron chi connectivity index (χ4n) is 2.51. The highest BCUT2D eigenvalue weighted by molar-refractivity contribution is 6.39. The first-order valence-corrected chi connectivity index (χ1v) is 7.97. The number of carboxylic acids is 1. The van der Waals surface area contributed by atoms with E-state index in [0.29, 0.717) is 4.90 Å². The van der Waals surface area contributed by atoms with Crippen molar-refractivity contribution >= 4 is 35.6 Å². The summed E-state index contributed by atoms with van der Waals surface area (Å²) in [6.07, 6.45) is 1.19. The van der Waals surface area contributed by atoms with Gasteiger partial charge in [0, 0.05) is 5.56 Å². The first-order valence-electron chi connectivity index (χ1n) is 7.97. The number of benzene rings is 2. The van der Waals surface area contributed by atoms with E-state index < -0.39 is 36.2 Å². The molecule has 0 unspecified atom stereocenters. The lowest BCUT2D eigenvalue weighted by Gasteiger charge is -2.26. The van der Waals surface area contributed by atoms with Crippen LogP contribution in [0.3, 0.4) is 0 Å². The first kappa shape index (κ1) is 18.8. The number of carbonyl (C=O) groups is 4. The van der Waals surface area contributed by atoms with Crippen LogP contribution in [-0.4, -0.2) is 35.5 Å². The van der Waals surface area contributed by atoms with Crippen molar-refractivity contribution < 1.29 is 33.4 Å². The predicted octanol–water partition coefficient (Wildman–Crippen LogP) is 1.96. The third-order valence-electron chi connectivity index (χ3n) is 3.76. The van der Waals surface area contributed by atoms with Gasteiger partial charge in [-0.1, -0.05) is 18.2 Å². The Morgan fingerprint density at radius 1 is 1.11 bits per heavy atom. The van der Waals surface area contributed by atoms with Crippen LogP contribution in [0, 0.1) is 5.82 Å². The van der Waals surface area contributed by atoms with Crippen LogP contribution in [0.15, 0.2) is 54.1 Å². The number of hydrogen-bond donors (Lipinski definition) is 2. The third-order valence-corrected chi connectivity index (χ3v) is 3.76. The molecule has 28 heavy (non-hydrogen) atoms. The zero-order valence-corrected chi connectivity index (χ0v) is 14.2. The van der Waals surface area contributed by atoms with E-state index in [1.807, 2.05) is 5.32 Å². The summed E-state index contributed by atoms with van der Waals surface area (Å²) in [7, 11) is 0. The lowest BCUT2D eigenvalue weighted by atomic mass is 10.1. The summed E-state index contributed by atoms with van der Waals surface area (Å²) in [5.74, 6) is -3.43. The average Bonchev–Trinajstić information content (AvgIpc) is 2.65. The number of nitrogens with one attached hydrogen (secondary N) is 1. The fourth-order valence-corrected chi connectivity index (χ4v) is 2.51. The molecule has 0 spiro atoms. The quantitative estimate of drug-likeness (QED) is 0.602. The Morgan fingerprint density at radius 3 is 2.46 bits per heavy atom. The highest BCUT2D eigenvalue weighted by Gasteiger charge is 2.36. The van der Waals surface area contributed by atoms with E-state index in [-0.39, 0.29) is 22.6 Å². The number of amides is 4. The molecule has 0 bridgehead atoms. The van der Waals surface area contributed by atoms with Crippen LogP contribution in [0.2, 0.25) is 0 Å². The monoisotopic (exact) mass is 384 g/mol. The molecule has 1 saturated heterocycles. The fraction of sp³-hybridized carbons (Fsp3) is 0.0526. The number of barbiturate groups is 1. The lowest BCUT2D eigenvalue weighted by molar-refractivity contribution is -0.139. The van der Waals surface area contributed by atoms with E-state index in [9.17, 15) is 23.6 Å². The molecule has 2 aromatic rings. The van der Waals surface area contributed by atoms with Crippen LogP contribution in [-0.2, 0) is 14.4 Å². The minimum Gasteiger partial charge on any atom is -0.481 e. The predicted molar refractivity (Wildman–Crippen MR) is 95.0 cm³/mol. The normalized spacial score (nSPS) is 15.5. The van der Waals surface area contributed by atoms with Crippen LogP contribution in [0.1, 0.15) is 5.56 Å². The number of carbonyl (C=O) groups excluding carboxylic acids is 3. The SMILES string of the molecule is O=C(O)COc1ccccc1C=C1C(=O)NC(=O)N(c2ccc(F)cc2)C1=O. The van der Waals surface area contributed by atoms with Gasteiger partial charge in [0.15, 0.2) is 6.61 Å². The molecule has 1 aliphatic rings. The summed E-state index contributed by atoms with van der Waals surface area (Å²) in [5, 5.41) is 10.8. The topological polar surface area (TPSA) is 113 Å². The molecule has 2 aromatic carbocycles. The summed E-state index contributed by atoms with van der Waals surface area (Å²) >= 11 is 0. The Balaban J connectivity index is 1.98. The summed E-state index contributed by atoms with van der Waals surface area (Å²) in [6.45, 7) is -0.611. The largest absolute Gasteiger partial charge is 0.481 e. The van der Waals surface area contributed by atoms with E-state index in [1.54, 1.807) is 12.1 Å². The van der Waals surface area contributed by atoms with Gasteiger partial charge in [0.1, 0.15) is 17.1 Å². The molecule has 1 aliphatic heterocycles. The molecule has 142 valence electrons. The average molecular weight is 384 g/mol. The summed E-state index contributed by atoms with van der Waals surface area (Å²) in [5.41, 5.74) is -0.0105.